The third kappa shape index (κ3) is 3.01. The zero-order valence-corrected chi connectivity index (χ0v) is 14.7. The molecule has 0 aromatic heterocycles. The van der Waals surface area contributed by atoms with Gasteiger partial charge in [0.25, 0.3) is 0 Å². The molecule has 5 nitrogen and oxygen atoms in total. The number of halogens is 1. The number of hydrogen-bond acceptors (Lipinski definition) is 5. The van der Waals surface area contributed by atoms with Gasteiger partial charge < -0.3 is 0 Å². The lowest BCUT2D eigenvalue weighted by molar-refractivity contribution is -0.112. The highest BCUT2D eigenvalue weighted by molar-refractivity contribution is 9.10. The van der Waals surface area contributed by atoms with Gasteiger partial charge in [-0.25, -0.2) is 12.6 Å². The van der Waals surface area contributed by atoms with Crippen molar-refractivity contribution in [2.75, 3.05) is 0 Å². The van der Waals surface area contributed by atoms with Crippen molar-refractivity contribution in [3.05, 3.63) is 28.7 Å². The van der Waals surface area contributed by atoms with Crippen molar-refractivity contribution in [2.24, 2.45) is 0 Å². The molecule has 0 aliphatic carbocycles. The molecule has 1 aromatic carbocycles. The van der Waals surface area contributed by atoms with Crippen LogP contribution in [0.5, 0.6) is 0 Å². The maximum Gasteiger partial charge on any atom is 0.241 e. The smallest absolute Gasteiger partial charge is 0.241 e. The molecule has 1 aliphatic heterocycles. The van der Waals surface area contributed by atoms with Crippen LogP contribution >= 0.6 is 26.7 Å². The van der Waals surface area contributed by atoms with Gasteiger partial charge in [0.2, 0.25) is 15.1 Å². The van der Waals surface area contributed by atoms with E-state index in [-0.39, 0.29) is 4.90 Å². The topological polar surface area (TPSA) is 80.3 Å². The summed E-state index contributed by atoms with van der Waals surface area (Å²) in [5.41, 5.74) is 0. The number of sulfonamides is 1. The minimum absolute atomic E-state index is 0.0620. The van der Waals surface area contributed by atoms with Crippen LogP contribution in [0.1, 0.15) is 13.8 Å². The van der Waals surface area contributed by atoms with Crippen LogP contribution in [0.2, 0.25) is 0 Å². The van der Waals surface area contributed by atoms with E-state index >= 15 is 0 Å². The molecule has 1 aliphatic rings. The molecular formula is C11H12BrNO4S3. The Kier molecular flexibility index (Phi) is 4.46. The van der Waals surface area contributed by atoms with Gasteiger partial charge in [0.15, 0.2) is 0 Å². The first kappa shape index (κ1) is 16.2. The average Bonchev–Trinajstić information content (AvgIpc) is 2.53. The van der Waals surface area contributed by atoms with Crippen LogP contribution in [0, 0.1) is 0 Å². The molecule has 1 heterocycles. The molecule has 0 radical (unpaired) electrons. The van der Waals surface area contributed by atoms with Crippen LogP contribution in [0.15, 0.2) is 33.6 Å². The van der Waals surface area contributed by atoms with Gasteiger partial charge in [0, 0.05) is 15.3 Å². The Morgan fingerprint density at radius 2 is 1.85 bits per heavy atom. The van der Waals surface area contributed by atoms with E-state index in [4.69, 9.17) is 0 Å². The molecule has 110 valence electrons. The molecule has 9 heteroatoms. The monoisotopic (exact) mass is 397 g/mol. The fourth-order valence-electron chi connectivity index (χ4n) is 1.64. The second-order valence-electron chi connectivity index (χ2n) is 4.75. The molecule has 1 saturated heterocycles. The number of hydrogen-bond donors (Lipinski definition) is 1. The maximum atomic E-state index is 12.3. The molecule has 0 unspecified atom stereocenters. The summed E-state index contributed by atoms with van der Waals surface area (Å²) in [4.78, 5) is 11.9. The summed E-state index contributed by atoms with van der Waals surface area (Å²) in [5, 5.41) is -0.422. The Balaban J connectivity index is 2.31. The van der Waals surface area contributed by atoms with E-state index in [9.17, 15) is 17.4 Å². The summed E-state index contributed by atoms with van der Waals surface area (Å²) in [7, 11) is -4.61. The molecule has 0 saturated carbocycles. The highest BCUT2D eigenvalue weighted by atomic mass is 79.9. The predicted octanol–water partition coefficient (Wildman–Crippen LogP) is 1.81. The lowest BCUT2D eigenvalue weighted by atomic mass is 10.1. The Hall–Kier alpha value is -0.220. The first-order valence-electron chi connectivity index (χ1n) is 5.56. The third-order valence-electron chi connectivity index (χ3n) is 2.92. The molecule has 0 bridgehead atoms. The van der Waals surface area contributed by atoms with E-state index in [1.807, 2.05) is 0 Å². The largest absolute Gasteiger partial charge is 0.284 e. The Bertz CT molecular complexity index is 669. The van der Waals surface area contributed by atoms with Crippen molar-refractivity contribution in [3.8, 4) is 0 Å². The number of nitrogens with one attached hydrogen (secondary N) is 1. The van der Waals surface area contributed by atoms with Gasteiger partial charge in [0.05, 0.1) is 19.5 Å². The summed E-state index contributed by atoms with van der Waals surface area (Å²) in [6.45, 7) is 3.21. The molecule has 1 aromatic rings. The SMILES string of the molecule is CC1(C)[C@H](NS(=O)(=O)c2ccc(Br)cc2)C(=O)S[S@]1=O. The summed E-state index contributed by atoms with van der Waals surface area (Å²) >= 11 is 3.22. The van der Waals surface area contributed by atoms with E-state index in [0.29, 0.717) is 10.8 Å². The minimum atomic E-state index is -3.83. The van der Waals surface area contributed by atoms with Gasteiger partial charge in [-0.05, 0) is 38.1 Å². The average molecular weight is 398 g/mol. The highest BCUT2D eigenvalue weighted by Gasteiger charge is 2.50. The first-order chi connectivity index (χ1) is 9.14. The molecule has 2 rings (SSSR count). The highest BCUT2D eigenvalue weighted by Crippen LogP contribution is 2.38. The van der Waals surface area contributed by atoms with E-state index < -0.39 is 35.8 Å². The van der Waals surface area contributed by atoms with Crippen LogP contribution in [0.3, 0.4) is 0 Å². The molecule has 1 fully saturated rings. The fraction of sp³-hybridized carbons (Fsp3) is 0.364. The van der Waals surface area contributed by atoms with Gasteiger partial charge in [-0.2, -0.15) is 4.72 Å². The van der Waals surface area contributed by atoms with E-state index in [1.165, 1.54) is 12.1 Å². The molecule has 2 atom stereocenters. The summed E-state index contributed by atoms with van der Waals surface area (Å²) < 4.78 is 38.5. The molecule has 0 amide bonds. The van der Waals surface area contributed by atoms with Crippen LogP contribution in [-0.4, -0.2) is 28.5 Å². The summed E-state index contributed by atoms with van der Waals surface area (Å²) in [6.07, 6.45) is 0. The summed E-state index contributed by atoms with van der Waals surface area (Å²) in [5.74, 6) is 0. The van der Waals surface area contributed by atoms with Crippen LogP contribution in [0.25, 0.3) is 0 Å². The molecule has 20 heavy (non-hydrogen) atoms. The maximum absolute atomic E-state index is 12.3. The van der Waals surface area contributed by atoms with Gasteiger partial charge in [-0.15, -0.1) is 0 Å². The van der Waals surface area contributed by atoms with Crippen LogP contribution in [0.4, 0.5) is 0 Å². The fourth-order valence-corrected chi connectivity index (χ4v) is 6.31. The third-order valence-corrected chi connectivity index (χ3v) is 8.76. The van der Waals surface area contributed by atoms with E-state index in [1.54, 1.807) is 26.0 Å². The van der Waals surface area contributed by atoms with E-state index in [2.05, 4.69) is 20.7 Å². The lowest BCUT2D eigenvalue weighted by Gasteiger charge is -2.23. The van der Waals surface area contributed by atoms with Crippen molar-refractivity contribution < 1.29 is 17.4 Å². The second-order valence-corrected chi connectivity index (χ2v) is 10.9. The predicted molar refractivity (Wildman–Crippen MR) is 83.1 cm³/mol. The van der Waals surface area contributed by atoms with Crippen LogP contribution < -0.4 is 4.72 Å². The Morgan fingerprint density at radius 1 is 1.30 bits per heavy atom. The van der Waals surface area contributed by atoms with E-state index in [0.717, 1.165) is 4.47 Å². The van der Waals surface area contributed by atoms with Gasteiger partial charge in [-0.1, -0.05) is 15.9 Å². The number of carbonyl (C=O) groups excluding carboxylic acids is 1. The quantitative estimate of drug-likeness (QED) is 0.786. The van der Waals surface area contributed by atoms with Crippen molar-refractivity contribution in [1.29, 1.82) is 0 Å². The minimum Gasteiger partial charge on any atom is -0.284 e. The zero-order valence-electron chi connectivity index (χ0n) is 10.6. The Labute approximate surface area is 131 Å². The molecule has 1 N–H and O–H groups in total. The molecule has 0 spiro atoms. The van der Waals surface area contributed by atoms with Crippen molar-refractivity contribution in [2.45, 2.75) is 29.5 Å². The van der Waals surface area contributed by atoms with Gasteiger partial charge in [-0.3, -0.25) is 4.79 Å². The zero-order chi connectivity index (χ0) is 15.1. The number of rotatable bonds is 3. The van der Waals surface area contributed by atoms with Crippen molar-refractivity contribution in [3.63, 3.8) is 0 Å². The first-order valence-corrected chi connectivity index (χ1v) is 10.3. The van der Waals surface area contributed by atoms with Gasteiger partial charge in [0.1, 0.15) is 6.04 Å². The Morgan fingerprint density at radius 3 is 2.30 bits per heavy atom. The number of benzene rings is 1. The summed E-state index contributed by atoms with van der Waals surface area (Å²) in [6, 6.07) is 5.07. The standard InChI is InChI=1S/C11H12BrNO4S3/c1-11(2)9(10(14)18-19(11)15)13-20(16,17)8-5-3-7(12)4-6-8/h3-6,9,13H,1-2H3/t9-,19-/m1/s1. The van der Waals surface area contributed by atoms with Crippen molar-refractivity contribution >= 4 is 51.7 Å². The second kappa shape index (κ2) is 5.53. The number of carbonyl (C=O) groups is 1. The van der Waals surface area contributed by atoms with Crippen LogP contribution in [-0.2, 0) is 24.6 Å². The normalized spacial score (nSPS) is 25.9. The van der Waals surface area contributed by atoms with Crippen molar-refractivity contribution in [1.82, 2.24) is 4.72 Å². The molecular weight excluding hydrogens is 386 g/mol. The lowest BCUT2D eigenvalue weighted by Crippen LogP contribution is -2.50. The van der Waals surface area contributed by atoms with Gasteiger partial charge >= 0.3 is 0 Å².